The van der Waals surface area contributed by atoms with Crippen molar-refractivity contribution in [2.45, 2.75) is 25.3 Å². The van der Waals surface area contributed by atoms with E-state index in [9.17, 15) is 0 Å². The highest BCUT2D eigenvalue weighted by molar-refractivity contribution is 7.15. The Hall–Kier alpha value is -0.650. The van der Waals surface area contributed by atoms with Gasteiger partial charge in [0.2, 0.25) is 0 Å². The number of anilines is 1. The van der Waals surface area contributed by atoms with E-state index in [1.54, 1.807) is 0 Å². The van der Waals surface area contributed by atoms with Crippen LogP contribution < -0.4 is 10.6 Å². The molecule has 1 aromatic rings. The maximum Gasteiger partial charge on any atom is 0.185 e. The summed E-state index contributed by atoms with van der Waals surface area (Å²) in [6.07, 6.45) is 3.45. The van der Waals surface area contributed by atoms with E-state index in [1.807, 2.05) is 11.3 Å². The molecule has 1 saturated heterocycles. The summed E-state index contributed by atoms with van der Waals surface area (Å²) in [5.74, 6) is 0. The zero-order valence-electron chi connectivity index (χ0n) is 9.32. The van der Waals surface area contributed by atoms with E-state index in [0.29, 0.717) is 0 Å². The molecule has 1 aliphatic carbocycles. The summed E-state index contributed by atoms with van der Waals surface area (Å²) in [5.41, 5.74) is 7.24. The third-order valence-corrected chi connectivity index (χ3v) is 4.46. The zero-order chi connectivity index (χ0) is 11.0. The van der Waals surface area contributed by atoms with E-state index in [2.05, 4.69) is 4.90 Å². The zero-order valence-corrected chi connectivity index (χ0v) is 10.1. The highest BCUT2D eigenvalue weighted by Gasteiger charge is 2.24. The lowest BCUT2D eigenvalue weighted by Gasteiger charge is -2.26. The Bertz CT molecular complexity index is 373. The number of aromatic nitrogens is 1. The number of morpholine rings is 1. The Labute approximate surface area is 99.4 Å². The molecular formula is C11H17N3OS. The summed E-state index contributed by atoms with van der Waals surface area (Å²) < 4.78 is 5.35. The molecule has 0 amide bonds. The fourth-order valence-electron chi connectivity index (χ4n) is 2.33. The second-order valence-electron chi connectivity index (χ2n) is 4.40. The van der Waals surface area contributed by atoms with E-state index in [4.69, 9.17) is 15.5 Å². The Balaban J connectivity index is 1.85. The third kappa shape index (κ3) is 1.83. The first-order chi connectivity index (χ1) is 7.84. The molecule has 3 rings (SSSR count). The maximum atomic E-state index is 6.09. The van der Waals surface area contributed by atoms with Crippen LogP contribution in [-0.4, -0.2) is 31.3 Å². The van der Waals surface area contributed by atoms with Crippen LogP contribution in [0.3, 0.4) is 0 Å². The van der Waals surface area contributed by atoms with Gasteiger partial charge in [0.25, 0.3) is 0 Å². The van der Waals surface area contributed by atoms with Gasteiger partial charge in [0.1, 0.15) is 0 Å². The van der Waals surface area contributed by atoms with Gasteiger partial charge in [-0.15, -0.1) is 11.3 Å². The maximum absolute atomic E-state index is 6.09. The van der Waals surface area contributed by atoms with Crippen molar-refractivity contribution in [1.29, 1.82) is 0 Å². The lowest BCUT2D eigenvalue weighted by Crippen LogP contribution is -2.36. The second-order valence-corrected chi connectivity index (χ2v) is 5.47. The van der Waals surface area contributed by atoms with Gasteiger partial charge in [-0.3, -0.25) is 0 Å². The van der Waals surface area contributed by atoms with Crippen molar-refractivity contribution >= 4 is 16.5 Å². The number of thiazole rings is 1. The summed E-state index contributed by atoms with van der Waals surface area (Å²) in [6, 6.07) is 0.162. The molecule has 1 unspecified atom stereocenters. The fraction of sp³-hybridized carbons (Fsp3) is 0.727. The van der Waals surface area contributed by atoms with Gasteiger partial charge in [-0.1, -0.05) is 0 Å². The minimum atomic E-state index is 0.162. The molecule has 4 nitrogen and oxygen atoms in total. The van der Waals surface area contributed by atoms with E-state index < -0.39 is 0 Å². The van der Waals surface area contributed by atoms with Crippen LogP contribution in [0.1, 0.15) is 29.5 Å². The minimum Gasteiger partial charge on any atom is -0.378 e. The minimum absolute atomic E-state index is 0.162. The van der Waals surface area contributed by atoms with Gasteiger partial charge in [-0.05, 0) is 19.3 Å². The Morgan fingerprint density at radius 2 is 2.19 bits per heavy atom. The number of nitrogens with two attached hydrogens (primary N) is 1. The summed E-state index contributed by atoms with van der Waals surface area (Å²) >= 11 is 1.82. The molecule has 1 aromatic heterocycles. The lowest BCUT2D eigenvalue weighted by molar-refractivity contribution is 0.122. The Morgan fingerprint density at radius 1 is 1.38 bits per heavy atom. The first-order valence-electron chi connectivity index (χ1n) is 5.92. The van der Waals surface area contributed by atoms with Gasteiger partial charge in [-0.2, -0.15) is 0 Å². The van der Waals surface area contributed by atoms with Crippen molar-refractivity contribution in [3.05, 3.63) is 10.6 Å². The van der Waals surface area contributed by atoms with Crippen molar-refractivity contribution in [3.8, 4) is 0 Å². The van der Waals surface area contributed by atoms with Gasteiger partial charge in [0.15, 0.2) is 5.13 Å². The first-order valence-corrected chi connectivity index (χ1v) is 6.74. The molecule has 2 N–H and O–H groups in total. The molecular weight excluding hydrogens is 222 g/mol. The topological polar surface area (TPSA) is 51.4 Å². The van der Waals surface area contributed by atoms with E-state index in [1.165, 1.54) is 11.3 Å². The van der Waals surface area contributed by atoms with Crippen LogP contribution in [0.25, 0.3) is 0 Å². The van der Waals surface area contributed by atoms with E-state index in [-0.39, 0.29) is 6.04 Å². The molecule has 16 heavy (non-hydrogen) atoms. The van der Waals surface area contributed by atoms with Crippen LogP contribution in [0.4, 0.5) is 5.13 Å². The SMILES string of the molecule is NC1CCCc2sc(N3CCOCC3)nc21. The quantitative estimate of drug-likeness (QED) is 0.803. The highest BCUT2D eigenvalue weighted by Crippen LogP contribution is 2.35. The summed E-state index contributed by atoms with van der Waals surface area (Å²) in [7, 11) is 0. The fourth-order valence-corrected chi connectivity index (χ4v) is 3.55. The number of nitrogens with zero attached hydrogens (tertiary/aromatic N) is 2. The summed E-state index contributed by atoms with van der Waals surface area (Å²) in [4.78, 5) is 8.44. The molecule has 0 bridgehead atoms. The van der Waals surface area contributed by atoms with E-state index >= 15 is 0 Å². The number of fused-ring (bicyclic) bond motifs is 1. The van der Waals surface area contributed by atoms with Crippen LogP contribution in [-0.2, 0) is 11.2 Å². The van der Waals surface area contributed by atoms with Crippen LogP contribution in [0.5, 0.6) is 0 Å². The molecule has 0 radical (unpaired) electrons. The van der Waals surface area contributed by atoms with Crippen LogP contribution >= 0.6 is 11.3 Å². The Kier molecular flexibility index (Phi) is 2.83. The van der Waals surface area contributed by atoms with Crippen LogP contribution in [0.2, 0.25) is 0 Å². The number of ether oxygens (including phenoxy) is 1. The molecule has 2 aliphatic rings. The van der Waals surface area contributed by atoms with Gasteiger partial charge in [0, 0.05) is 24.0 Å². The number of rotatable bonds is 1. The standard InChI is InChI=1S/C11H17N3OS/c12-8-2-1-3-9-10(8)13-11(16-9)14-4-6-15-7-5-14/h8H,1-7,12H2. The lowest BCUT2D eigenvalue weighted by atomic mass is 9.99. The number of hydrogen-bond acceptors (Lipinski definition) is 5. The van der Waals surface area contributed by atoms with Gasteiger partial charge >= 0.3 is 0 Å². The predicted molar refractivity (Wildman–Crippen MR) is 65.0 cm³/mol. The van der Waals surface area contributed by atoms with Crippen molar-refractivity contribution in [3.63, 3.8) is 0 Å². The molecule has 1 fully saturated rings. The highest BCUT2D eigenvalue weighted by atomic mass is 32.1. The molecule has 5 heteroatoms. The predicted octanol–water partition coefficient (Wildman–Crippen LogP) is 1.32. The van der Waals surface area contributed by atoms with Crippen molar-refractivity contribution in [2.24, 2.45) is 5.73 Å². The van der Waals surface area contributed by atoms with E-state index in [0.717, 1.165) is 50.0 Å². The molecule has 1 aliphatic heterocycles. The van der Waals surface area contributed by atoms with Crippen molar-refractivity contribution in [2.75, 3.05) is 31.2 Å². The molecule has 0 saturated carbocycles. The smallest absolute Gasteiger partial charge is 0.185 e. The molecule has 0 spiro atoms. The molecule has 88 valence electrons. The van der Waals surface area contributed by atoms with Crippen LogP contribution in [0.15, 0.2) is 0 Å². The van der Waals surface area contributed by atoms with Crippen molar-refractivity contribution < 1.29 is 4.74 Å². The average Bonchev–Trinajstić information content (AvgIpc) is 2.76. The molecule has 1 atom stereocenters. The van der Waals surface area contributed by atoms with Gasteiger partial charge < -0.3 is 15.4 Å². The number of hydrogen-bond donors (Lipinski definition) is 1. The molecule has 2 heterocycles. The van der Waals surface area contributed by atoms with Crippen molar-refractivity contribution in [1.82, 2.24) is 4.98 Å². The third-order valence-electron chi connectivity index (χ3n) is 3.27. The Morgan fingerprint density at radius 3 is 2.94 bits per heavy atom. The van der Waals surface area contributed by atoms with Gasteiger partial charge in [0.05, 0.1) is 18.9 Å². The largest absolute Gasteiger partial charge is 0.378 e. The second kappa shape index (κ2) is 4.31. The monoisotopic (exact) mass is 239 g/mol. The summed E-state index contributed by atoms with van der Waals surface area (Å²) in [6.45, 7) is 3.55. The summed E-state index contributed by atoms with van der Waals surface area (Å²) in [5, 5.41) is 1.14. The first kappa shape index (κ1) is 10.5. The number of aryl methyl sites for hydroxylation is 1. The molecule has 0 aromatic carbocycles. The van der Waals surface area contributed by atoms with Crippen LogP contribution in [0, 0.1) is 0 Å². The average molecular weight is 239 g/mol. The normalized spacial score (nSPS) is 25.6. The van der Waals surface area contributed by atoms with Gasteiger partial charge in [-0.25, -0.2) is 4.98 Å².